The molecule has 2 aromatic heterocycles. The standard InChI is InChI=1S/C31H40N3/c1-21(2)24-15-12-16-25(22(3)4)29(24)34-20-28(31(6,7)26-17-11-10-14-23(26)5)33(9)30(34)27-18-13-19-32(27)8/h10-22H,1-9H3/q+1. The van der Waals surface area contributed by atoms with Gasteiger partial charge in [-0.05, 0) is 55.9 Å². The van der Waals surface area contributed by atoms with E-state index < -0.39 is 0 Å². The molecule has 0 radical (unpaired) electrons. The van der Waals surface area contributed by atoms with Crippen LogP contribution in [0.1, 0.15) is 81.3 Å². The summed E-state index contributed by atoms with van der Waals surface area (Å²) in [6.07, 6.45) is 4.53. The van der Waals surface area contributed by atoms with Crippen LogP contribution in [0.4, 0.5) is 0 Å². The zero-order chi connectivity index (χ0) is 24.8. The fourth-order valence-corrected chi connectivity index (χ4v) is 5.49. The lowest BCUT2D eigenvalue weighted by Gasteiger charge is -2.24. The van der Waals surface area contributed by atoms with Gasteiger partial charge >= 0.3 is 5.82 Å². The summed E-state index contributed by atoms with van der Waals surface area (Å²) in [5, 5.41) is 0. The lowest BCUT2D eigenvalue weighted by molar-refractivity contribution is -0.670. The number of hydrogen-bond donors (Lipinski definition) is 0. The molecule has 2 heterocycles. The number of rotatable bonds is 6. The molecular weight excluding hydrogens is 414 g/mol. The second-order valence-electron chi connectivity index (χ2n) is 10.8. The van der Waals surface area contributed by atoms with E-state index >= 15 is 0 Å². The summed E-state index contributed by atoms with van der Waals surface area (Å²) in [4.78, 5) is 0. The number of aryl methyl sites for hydroxylation is 2. The molecule has 3 heteroatoms. The molecule has 0 N–H and O–H groups in total. The van der Waals surface area contributed by atoms with E-state index in [0.29, 0.717) is 11.8 Å². The van der Waals surface area contributed by atoms with Gasteiger partial charge in [0, 0.05) is 24.4 Å². The van der Waals surface area contributed by atoms with E-state index in [2.05, 4.69) is 143 Å². The SMILES string of the molecule is Cc1ccccc1C(C)(C)c1cn(-c2c(C(C)C)cccc2C(C)C)c(-c2cccn2C)[n+]1C. The van der Waals surface area contributed by atoms with Gasteiger partial charge < -0.3 is 4.57 Å². The highest BCUT2D eigenvalue weighted by molar-refractivity contribution is 5.59. The van der Waals surface area contributed by atoms with Crippen LogP contribution in [0.3, 0.4) is 0 Å². The molecule has 0 unspecified atom stereocenters. The van der Waals surface area contributed by atoms with Gasteiger partial charge in [0.25, 0.3) is 0 Å². The van der Waals surface area contributed by atoms with Crippen LogP contribution in [-0.4, -0.2) is 9.13 Å². The number of para-hydroxylation sites is 1. The number of imidazole rings is 1. The lowest BCUT2D eigenvalue weighted by Crippen LogP contribution is -2.41. The van der Waals surface area contributed by atoms with Crippen molar-refractivity contribution in [1.29, 1.82) is 0 Å². The smallest absolute Gasteiger partial charge is 0.311 e. The Bertz CT molecular complexity index is 1290. The summed E-state index contributed by atoms with van der Waals surface area (Å²) in [5.41, 5.74) is 9.14. The number of nitrogens with zero attached hydrogens (tertiary/aromatic N) is 3. The van der Waals surface area contributed by atoms with Gasteiger partial charge in [-0.1, -0.05) is 70.2 Å². The Balaban J connectivity index is 2.11. The van der Waals surface area contributed by atoms with Crippen molar-refractivity contribution in [2.75, 3.05) is 0 Å². The van der Waals surface area contributed by atoms with E-state index in [4.69, 9.17) is 0 Å². The van der Waals surface area contributed by atoms with Crippen LogP contribution in [0.15, 0.2) is 67.0 Å². The van der Waals surface area contributed by atoms with Gasteiger partial charge in [0.15, 0.2) is 5.69 Å². The number of aromatic nitrogens is 3. The Labute approximate surface area is 205 Å². The summed E-state index contributed by atoms with van der Waals surface area (Å²) in [5.74, 6) is 2.06. The summed E-state index contributed by atoms with van der Waals surface area (Å²) < 4.78 is 7.10. The van der Waals surface area contributed by atoms with Crippen LogP contribution < -0.4 is 4.57 Å². The van der Waals surface area contributed by atoms with Crippen molar-refractivity contribution in [2.24, 2.45) is 14.1 Å². The predicted molar refractivity (Wildman–Crippen MR) is 143 cm³/mol. The van der Waals surface area contributed by atoms with E-state index in [-0.39, 0.29) is 5.41 Å². The zero-order valence-electron chi connectivity index (χ0n) is 22.3. The number of hydrogen-bond acceptors (Lipinski definition) is 0. The maximum Gasteiger partial charge on any atom is 0.311 e. The van der Waals surface area contributed by atoms with E-state index in [1.54, 1.807) is 0 Å². The van der Waals surface area contributed by atoms with Gasteiger partial charge in [0.1, 0.15) is 17.6 Å². The highest BCUT2D eigenvalue weighted by atomic mass is 15.2. The lowest BCUT2D eigenvalue weighted by atomic mass is 9.79. The van der Waals surface area contributed by atoms with E-state index in [9.17, 15) is 0 Å². The Morgan fingerprint density at radius 2 is 1.44 bits per heavy atom. The van der Waals surface area contributed by atoms with Gasteiger partial charge in [-0.15, -0.1) is 0 Å². The molecule has 0 aliphatic heterocycles. The molecule has 0 atom stereocenters. The molecule has 178 valence electrons. The molecule has 0 fully saturated rings. The van der Waals surface area contributed by atoms with Crippen molar-refractivity contribution in [3.05, 3.63) is 94.9 Å². The topological polar surface area (TPSA) is 13.7 Å². The quantitative estimate of drug-likeness (QED) is 0.274. The van der Waals surface area contributed by atoms with Crippen molar-refractivity contribution in [3.8, 4) is 17.2 Å². The van der Waals surface area contributed by atoms with Crippen molar-refractivity contribution in [1.82, 2.24) is 9.13 Å². The molecule has 34 heavy (non-hydrogen) atoms. The van der Waals surface area contributed by atoms with Gasteiger partial charge in [-0.2, -0.15) is 4.57 Å². The third kappa shape index (κ3) is 3.91. The van der Waals surface area contributed by atoms with Crippen LogP contribution in [0.2, 0.25) is 0 Å². The molecule has 3 nitrogen and oxygen atoms in total. The first-order valence-electron chi connectivity index (χ1n) is 12.5. The van der Waals surface area contributed by atoms with E-state index in [0.717, 1.165) is 0 Å². The van der Waals surface area contributed by atoms with Crippen LogP contribution >= 0.6 is 0 Å². The average molecular weight is 455 g/mol. The minimum Gasteiger partial charge on any atom is -0.344 e. The highest BCUT2D eigenvalue weighted by Gasteiger charge is 2.37. The molecule has 2 aromatic carbocycles. The summed E-state index contributed by atoms with van der Waals surface area (Å²) in [6.45, 7) is 16.1. The Morgan fingerprint density at radius 3 is 1.97 bits per heavy atom. The largest absolute Gasteiger partial charge is 0.344 e. The molecule has 0 aliphatic rings. The van der Waals surface area contributed by atoms with Crippen molar-refractivity contribution in [2.45, 2.75) is 65.7 Å². The zero-order valence-corrected chi connectivity index (χ0v) is 22.3. The number of benzene rings is 2. The second kappa shape index (κ2) is 8.94. The van der Waals surface area contributed by atoms with Crippen LogP contribution in [0, 0.1) is 6.92 Å². The highest BCUT2D eigenvalue weighted by Crippen LogP contribution is 2.38. The third-order valence-corrected chi connectivity index (χ3v) is 7.37. The summed E-state index contributed by atoms with van der Waals surface area (Å²) in [7, 11) is 4.36. The molecule has 0 spiro atoms. The van der Waals surface area contributed by atoms with Gasteiger partial charge in [0.05, 0.1) is 12.5 Å². The predicted octanol–water partition coefficient (Wildman–Crippen LogP) is 7.19. The molecule has 0 aliphatic carbocycles. The molecule has 4 aromatic rings. The minimum atomic E-state index is -0.157. The Morgan fingerprint density at radius 1 is 0.824 bits per heavy atom. The fraction of sp³-hybridized carbons (Fsp3) is 0.387. The van der Waals surface area contributed by atoms with Crippen LogP contribution in [0.5, 0.6) is 0 Å². The first-order valence-corrected chi connectivity index (χ1v) is 12.5. The maximum atomic E-state index is 2.47. The molecule has 0 saturated heterocycles. The molecule has 0 bridgehead atoms. The Hall–Kier alpha value is -3.07. The first-order chi connectivity index (χ1) is 16.1. The maximum absolute atomic E-state index is 2.47. The van der Waals surface area contributed by atoms with Crippen molar-refractivity contribution >= 4 is 0 Å². The van der Waals surface area contributed by atoms with E-state index in [1.807, 2.05) is 0 Å². The van der Waals surface area contributed by atoms with Crippen molar-refractivity contribution in [3.63, 3.8) is 0 Å². The molecule has 4 rings (SSSR count). The molecule has 0 amide bonds. The Kier molecular flexibility index (Phi) is 6.33. The summed E-state index contributed by atoms with van der Waals surface area (Å²) in [6, 6.07) is 20.0. The monoisotopic (exact) mass is 454 g/mol. The first kappa shape index (κ1) is 24.1. The summed E-state index contributed by atoms with van der Waals surface area (Å²) >= 11 is 0. The van der Waals surface area contributed by atoms with Gasteiger partial charge in [0.2, 0.25) is 0 Å². The fourth-order valence-electron chi connectivity index (χ4n) is 5.49. The third-order valence-electron chi connectivity index (χ3n) is 7.37. The van der Waals surface area contributed by atoms with Crippen LogP contribution in [0.25, 0.3) is 17.2 Å². The average Bonchev–Trinajstić information content (AvgIpc) is 3.35. The van der Waals surface area contributed by atoms with E-state index in [1.165, 1.54) is 45.2 Å². The van der Waals surface area contributed by atoms with Crippen molar-refractivity contribution < 1.29 is 4.57 Å². The van der Waals surface area contributed by atoms with Crippen LogP contribution in [-0.2, 0) is 19.5 Å². The minimum absolute atomic E-state index is 0.157. The normalized spacial score (nSPS) is 12.2. The molecular formula is C31H40N3+. The molecule has 0 saturated carbocycles. The second-order valence-corrected chi connectivity index (χ2v) is 10.8. The van der Waals surface area contributed by atoms with Gasteiger partial charge in [-0.25, -0.2) is 4.57 Å². The van der Waals surface area contributed by atoms with Gasteiger partial charge in [-0.3, -0.25) is 0 Å².